The van der Waals surface area contributed by atoms with E-state index >= 15 is 0 Å². The Morgan fingerprint density at radius 2 is 2.15 bits per heavy atom. The minimum atomic E-state index is -0.338. The van der Waals surface area contributed by atoms with Crippen LogP contribution >= 0.6 is 0 Å². The highest BCUT2D eigenvalue weighted by Gasteiger charge is 2.21. The van der Waals surface area contributed by atoms with Crippen LogP contribution in [-0.4, -0.2) is 59.1 Å². The Labute approximate surface area is 153 Å². The molecule has 7 heteroatoms. The fourth-order valence-corrected chi connectivity index (χ4v) is 3.18. The SMILES string of the molecule is CCOC(=O)c1c[nH+]c2ccc(OC)cc2c1NCC[NH+]1CCOCC1. The third-order valence-corrected chi connectivity index (χ3v) is 4.61. The number of quaternary nitrogens is 1. The molecule has 3 rings (SSSR count). The van der Waals surface area contributed by atoms with E-state index in [4.69, 9.17) is 14.2 Å². The molecule has 0 bridgehead atoms. The Morgan fingerprint density at radius 1 is 1.35 bits per heavy atom. The number of benzene rings is 1. The van der Waals surface area contributed by atoms with Crippen LogP contribution in [0.4, 0.5) is 5.69 Å². The standard InChI is InChI=1S/C19H25N3O4/c1-3-26-19(23)16-13-21-17-5-4-14(24-2)12-15(17)18(16)20-6-7-22-8-10-25-11-9-22/h4-5,12-13H,3,6-11H2,1-2H3,(H,20,21)/p+2. The smallest absolute Gasteiger partial charge is 0.346 e. The van der Waals surface area contributed by atoms with E-state index in [0.29, 0.717) is 12.2 Å². The number of anilines is 1. The number of fused-ring (bicyclic) bond motifs is 1. The number of rotatable bonds is 7. The summed E-state index contributed by atoms with van der Waals surface area (Å²) in [6.07, 6.45) is 1.71. The summed E-state index contributed by atoms with van der Waals surface area (Å²) in [7, 11) is 1.63. The van der Waals surface area contributed by atoms with E-state index in [2.05, 4.69) is 10.3 Å². The fourth-order valence-electron chi connectivity index (χ4n) is 3.18. The topological polar surface area (TPSA) is 75.4 Å². The van der Waals surface area contributed by atoms with Gasteiger partial charge in [0, 0.05) is 6.07 Å². The molecular weight excluding hydrogens is 334 g/mol. The van der Waals surface area contributed by atoms with Crippen molar-refractivity contribution in [1.29, 1.82) is 0 Å². The second-order valence-electron chi connectivity index (χ2n) is 6.25. The van der Waals surface area contributed by atoms with Gasteiger partial charge in [0.2, 0.25) is 5.52 Å². The van der Waals surface area contributed by atoms with Crippen LogP contribution in [0.25, 0.3) is 10.9 Å². The predicted molar refractivity (Wildman–Crippen MR) is 97.9 cm³/mol. The summed E-state index contributed by atoms with van der Waals surface area (Å²) in [4.78, 5) is 17.1. The van der Waals surface area contributed by atoms with Crippen molar-refractivity contribution in [3.05, 3.63) is 30.0 Å². The zero-order chi connectivity index (χ0) is 18.4. The van der Waals surface area contributed by atoms with Crippen molar-refractivity contribution in [2.45, 2.75) is 6.92 Å². The van der Waals surface area contributed by atoms with Crippen molar-refractivity contribution in [3.63, 3.8) is 0 Å². The highest BCUT2D eigenvalue weighted by molar-refractivity contribution is 6.04. The Balaban J connectivity index is 1.87. The maximum atomic E-state index is 12.4. The number of H-pyrrole nitrogens is 1. The van der Waals surface area contributed by atoms with Crippen molar-refractivity contribution < 1.29 is 28.9 Å². The van der Waals surface area contributed by atoms with Gasteiger partial charge in [-0.2, -0.15) is 0 Å². The zero-order valence-electron chi connectivity index (χ0n) is 15.4. The minimum Gasteiger partial charge on any atom is -0.497 e. The molecule has 0 spiro atoms. The lowest BCUT2D eigenvalue weighted by Crippen LogP contribution is -3.14. The van der Waals surface area contributed by atoms with Gasteiger partial charge < -0.3 is 24.4 Å². The van der Waals surface area contributed by atoms with Crippen LogP contribution in [0.5, 0.6) is 5.75 Å². The molecule has 0 radical (unpaired) electrons. The molecule has 1 saturated heterocycles. The normalized spacial score (nSPS) is 15.0. The Morgan fingerprint density at radius 3 is 2.88 bits per heavy atom. The van der Waals surface area contributed by atoms with E-state index < -0.39 is 0 Å². The molecule has 0 saturated carbocycles. The number of pyridine rings is 1. The maximum absolute atomic E-state index is 12.4. The second-order valence-corrected chi connectivity index (χ2v) is 6.25. The van der Waals surface area contributed by atoms with E-state index in [9.17, 15) is 4.79 Å². The summed E-state index contributed by atoms with van der Waals surface area (Å²) in [5, 5.41) is 4.37. The fraction of sp³-hybridized carbons (Fsp3) is 0.474. The van der Waals surface area contributed by atoms with Gasteiger partial charge in [-0.3, -0.25) is 0 Å². The van der Waals surface area contributed by atoms with Gasteiger partial charge in [-0.15, -0.1) is 0 Å². The average molecular weight is 361 g/mol. The summed E-state index contributed by atoms with van der Waals surface area (Å²) in [6, 6.07) is 5.77. The van der Waals surface area contributed by atoms with E-state index in [1.54, 1.807) is 20.2 Å². The number of nitrogens with one attached hydrogen (secondary N) is 3. The first-order valence-electron chi connectivity index (χ1n) is 9.07. The lowest BCUT2D eigenvalue weighted by molar-refractivity contribution is -0.906. The average Bonchev–Trinajstić information content (AvgIpc) is 2.68. The first-order chi connectivity index (χ1) is 12.7. The van der Waals surface area contributed by atoms with E-state index in [0.717, 1.165) is 61.7 Å². The van der Waals surface area contributed by atoms with Crippen molar-refractivity contribution in [2.75, 3.05) is 58.4 Å². The number of aromatic amines is 1. The molecule has 0 aliphatic carbocycles. The molecule has 7 nitrogen and oxygen atoms in total. The minimum absolute atomic E-state index is 0.338. The zero-order valence-corrected chi connectivity index (χ0v) is 15.4. The van der Waals surface area contributed by atoms with Crippen LogP contribution in [0.15, 0.2) is 24.4 Å². The Bertz CT molecular complexity index is 760. The molecule has 0 atom stereocenters. The molecule has 1 aromatic heterocycles. The van der Waals surface area contributed by atoms with E-state index in [1.165, 1.54) is 4.90 Å². The van der Waals surface area contributed by atoms with Crippen molar-refractivity contribution >= 4 is 22.6 Å². The summed E-state index contributed by atoms with van der Waals surface area (Å²) < 4.78 is 16.0. The number of hydrogen-bond acceptors (Lipinski definition) is 5. The molecule has 1 aliphatic heterocycles. The van der Waals surface area contributed by atoms with Gasteiger partial charge >= 0.3 is 5.97 Å². The number of hydrogen-bond donors (Lipinski definition) is 2. The summed E-state index contributed by atoms with van der Waals surface area (Å²) >= 11 is 0. The van der Waals surface area contributed by atoms with Gasteiger partial charge in [-0.05, 0) is 19.1 Å². The summed E-state index contributed by atoms with van der Waals surface area (Å²) in [5.74, 6) is 0.406. The molecule has 140 valence electrons. The van der Waals surface area contributed by atoms with Gasteiger partial charge in [0.05, 0.1) is 51.1 Å². The highest BCUT2D eigenvalue weighted by atomic mass is 16.5. The molecule has 1 aromatic carbocycles. The van der Waals surface area contributed by atoms with Crippen LogP contribution in [0.3, 0.4) is 0 Å². The highest BCUT2D eigenvalue weighted by Crippen LogP contribution is 2.28. The number of morpholine rings is 1. The molecule has 2 heterocycles. The third-order valence-electron chi connectivity index (χ3n) is 4.61. The van der Waals surface area contributed by atoms with Gasteiger partial charge in [-0.1, -0.05) is 0 Å². The lowest BCUT2D eigenvalue weighted by Gasteiger charge is -2.24. The molecule has 1 aliphatic rings. The van der Waals surface area contributed by atoms with Crippen LogP contribution in [-0.2, 0) is 9.47 Å². The lowest BCUT2D eigenvalue weighted by atomic mass is 10.1. The first kappa shape index (κ1) is 18.4. The third kappa shape index (κ3) is 4.23. The number of esters is 1. The number of carbonyl (C=O) groups is 1. The molecule has 2 aromatic rings. The number of aromatic nitrogens is 1. The Kier molecular flexibility index (Phi) is 6.25. The molecule has 1 fully saturated rings. The van der Waals surface area contributed by atoms with Crippen LogP contribution in [0, 0.1) is 0 Å². The van der Waals surface area contributed by atoms with E-state index in [-0.39, 0.29) is 5.97 Å². The van der Waals surface area contributed by atoms with Crippen molar-refractivity contribution in [1.82, 2.24) is 0 Å². The van der Waals surface area contributed by atoms with Crippen LogP contribution in [0.2, 0.25) is 0 Å². The molecule has 0 amide bonds. The van der Waals surface area contributed by atoms with Crippen LogP contribution < -0.4 is 19.9 Å². The predicted octanol–water partition coefficient (Wildman–Crippen LogP) is 0.166. The summed E-state index contributed by atoms with van der Waals surface area (Å²) in [5.41, 5.74) is 2.22. The maximum Gasteiger partial charge on any atom is 0.346 e. The number of methoxy groups -OCH3 is 1. The van der Waals surface area contributed by atoms with Gasteiger partial charge in [0.25, 0.3) is 0 Å². The number of ether oxygens (including phenoxy) is 3. The monoisotopic (exact) mass is 361 g/mol. The Hall–Kier alpha value is -2.38. The van der Waals surface area contributed by atoms with Gasteiger partial charge in [-0.25, -0.2) is 9.78 Å². The van der Waals surface area contributed by atoms with E-state index in [1.807, 2.05) is 18.2 Å². The first-order valence-corrected chi connectivity index (χ1v) is 9.07. The summed E-state index contributed by atoms with van der Waals surface area (Å²) in [6.45, 7) is 7.53. The number of carbonyl (C=O) groups excluding carboxylic acids is 1. The van der Waals surface area contributed by atoms with Gasteiger partial charge in [0.1, 0.15) is 24.4 Å². The largest absolute Gasteiger partial charge is 0.497 e. The molecule has 3 N–H and O–H groups in total. The molecule has 26 heavy (non-hydrogen) atoms. The molecular formula is C19H27N3O4+2. The van der Waals surface area contributed by atoms with Gasteiger partial charge in [0.15, 0.2) is 6.20 Å². The second kappa shape index (κ2) is 8.82. The van der Waals surface area contributed by atoms with Crippen molar-refractivity contribution in [3.8, 4) is 5.75 Å². The van der Waals surface area contributed by atoms with Crippen molar-refractivity contribution in [2.24, 2.45) is 0 Å². The quantitative estimate of drug-likeness (QED) is 0.688. The van der Waals surface area contributed by atoms with Crippen LogP contribution in [0.1, 0.15) is 17.3 Å². The molecule has 0 unspecified atom stereocenters.